The number of amides is 1. The minimum Gasteiger partial charge on any atom is -0.492 e. The molecule has 2 rings (SSSR count). The smallest absolute Gasteiger partial charge is 0.335 e. The van der Waals surface area contributed by atoms with Gasteiger partial charge in [-0.2, -0.15) is 0 Å². The molecular formula is C18H19NO6S. The van der Waals surface area contributed by atoms with Crippen LogP contribution in [0, 0.1) is 0 Å². The number of carbonyl (C=O) groups excluding carboxylic acids is 1. The fourth-order valence-electron chi connectivity index (χ4n) is 2.34. The Morgan fingerprint density at radius 2 is 1.85 bits per heavy atom. The van der Waals surface area contributed by atoms with E-state index in [-0.39, 0.29) is 5.56 Å². The molecule has 7 nitrogen and oxygen atoms in total. The predicted octanol–water partition coefficient (Wildman–Crippen LogP) is 2.34. The summed E-state index contributed by atoms with van der Waals surface area (Å²) in [5.74, 6) is -2.52. The summed E-state index contributed by atoms with van der Waals surface area (Å²) in [5.41, 5.74) is 0.697. The summed E-state index contributed by atoms with van der Waals surface area (Å²) >= 11 is 0. The van der Waals surface area contributed by atoms with E-state index in [9.17, 15) is 18.0 Å². The van der Waals surface area contributed by atoms with E-state index in [1.165, 1.54) is 24.3 Å². The molecule has 0 saturated carbocycles. The summed E-state index contributed by atoms with van der Waals surface area (Å²) in [6.45, 7) is 2.21. The van der Waals surface area contributed by atoms with Crippen molar-refractivity contribution in [2.75, 3.05) is 17.7 Å². The predicted molar refractivity (Wildman–Crippen MR) is 97.1 cm³/mol. The second-order valence-corrected chi connectivity index (χ2v) is 7.58. The van der Waals surface area contributed by atoms with E-state index < -0.39 is 33.2 Å². The fourth-order valence-corrected chi connectivity index (χ4v) is 3.60. The van der Waals surface area contributed by atoms with Crippen LogP contribution in [-0.4, -0.2) is 37.8 Å². The zero-order chi connectivity index (χ0) is 19.2. The minimum atomic E-state index is -3.77. The molecule has 8 heteroatoms. The van der Waals surface area contributed by atoms with Crippen LogP contribution < -0.4 is 10.1 Å². The third kappa shape index (κ3) is 5.59. The van der Waals surface area contributed by atoms with Crippen molar-refractivity contribution in [3.8, 4) is 5.75 Å². The van der Waals surface area contributed by atoms with E-state index in [2.05, 4.69) is 5.32 Å². The number of anilines is 1. The van der Waals surface area contributed by atoms with Crippen molar-refractivity contribution in [1.29, 1.82) is 0 Å². The molecule has 138 valence electrons. The zero-order valence-electron chi connectivity index (χ0n) is 14.1. The number of aromatic carboxylic acids is 1. The topological polar surface area (TPSA) is 110 Å². The monoisotopic (exact) mass is 377 g/mol. The van der Waals surface area contributed by atoms with Crippen molar-refractivity contribution in [3.05, 3.63) is 59.7 Å². The highest BCUT2D eigenvalue weighted by Crippen LogP contribution is 2.23. The molecule has 0 radical (unpaired) electrons. The highest BCUT2D eigenvalue weighted by Gasteiger charge is 2.19. The molecule has 0 saturated heterocycles. The number of benzene rings is 2. The normalized spacial score (nSPS) is 11.0. The lowest BCUT2D eigenvalue weighted by Crippen LogP contribution is -2.24. The first-order valence-corrected chi connectivity index (χ1v) is 9.67. The molecule has 0 heterocycles. The summed E-state index contributed by atoms with van der Waals surface area (Å²) in [6.07, 6.45) is 0. The van der Waals surface area contributed by atoms with Gasteiger partial charge in [0.1, 0.15) is 11.5 Å². The first kappa shape index (κ1) is 19.5. The largest absolute Gasteiger partial charge is 0.492 e. The van der Waals surface area contributed by atoms with Crippen molar-refractivity contribution in [2.24, 2.45) is 0 Å². The number of hydrogen-bond acceptors (Lipinski definition) is 5. The van der Waals surface area contributed by atoms with Crippen LogP contribution in [0.3, 0.4) is 0 Å². The summed E-state index contributed by atoms with van der Waals surface area (Å²) < 4.78 is 29.9. The Balaban J connectivity index is 2.06. The maximum atomic E-state index is 12.3. The van der Waals surface area contributed by atoms with Gasteiger partial charge < -0.3 is 15.2 Å². The zero-order valence-corrected chi connectivity index (χ0v) is 15.0. The van der Waals surface area contributed by atoms with Crippen LogP contribution in [0.5, 0.6) is 5.75 Å². The van der Waals surface area contributed by atoms with E-state index in [0.29, 0.717) is 23.6 Å². The molecule has 2 aromatic rings. The van der Waals surface area contributed by atoms with Crippen LogP contribution in [0.2, 0.25) is 0 Å². The first-order valence-electron chi connectivity index (χ1n) is 7.85. The van der Waals surface area contributed by atoms with E-state index in [4.69, 9.17) is 9.84 Å². The van der Waals surface area contributed by atoms with Crippen LogP contribution in [0.4, 0.5) is 5.69 Å². The van der Waals surface area contributed by atoms with Gasteiger partial charge in [0, 0.05) is 0 Å². The van der Waals surface area contributed by atoms with Gasteiger partial charge in [0.05, 0.1) is 23.6 Å². The molecule has 2 N–H and O–H groups in total. The van der Waals surface area contributed by atoms with Gasteiger partial charge in [-0.15, -0.1) is 0 Å². The highest BCUT2D eigenvalue weighted by atomic mass is 32.2. The van der Waals surface area contributed by atoms with Crippen molar-refractivity contribution in [1.82, 2.24) is 0 Å². The number of sulfone groups is 1. The Kier molecular flexibility index (Phi) is 6.35. The van der Waals surface area contributed by atoms with Crippen LogP contribution in [0.15, 0.2) is 48.5 Å². The van der Waals surface area contributed by atoms with E-state index >= 15 is 0 Å². The fraction of sp³-hybridized carbons (Fsp3) is 0.222. The van der Waals surface area contributed by atoms with Gasteiger partial charge in [0.15, 0.2) is 9.84 Å². The highest BCUT2D eigenvalue weighted by molar-refractivity contribution is 7.91. The molecule has 0 atom stereocenters. The van der Waals surface area contributed by atoms with Crippen LogP contribution >= 0.6 is 0 Å². The summed E-state index contributed by atoms with van der Waals surface area (Å²) in [6, 6.07) is 12.4. The molecule has 2 aromatic carbocycles. The molecule has 0 aliphatic rings. The minimum absolute atomic E-state index is 0.00667. The number of carbonyl (C=O) groups is 2. The SMILES string of the molecule is CCOc1ccccc1NC(=O)CS(=O)(=O)Cc1cccc(C(=O)O)c1. The third-order valence-corrected chi connectivity index (χ3v) is 4.85. The van der Waals surface area contributed by atoms with Gasteiger partial charge in [-0.05, 0) is 36.8 Å². The summed E-state index contributed by atoms with van der Waals surface area (Å²) in [7, 11) is -3.77. The molecule has 0 aliphatic carbocycles. The van der Waals surface area contributed by atoms with Gasteiger partial charge >= 0.3 is 5.97 Å². The molecule has 0 aromatic heterocycles. The lowest BCUT2D eigenvalue weighted by atomic mass is 10.1. The quantitative estimate of drug-likeness (QED) is 0.731. The number of carboxylic acids is 1. The summed E-state index contributed by atoms with van der Waals surface area (Å²) in [4.78, 5) is 23.1. The van der Waals surface area contributed by atoms with Crippen LogP contribution in [0.25, 0.3) is 0 Å². The van der Waals surface area contributed by atoms with Gasteiger partial charge in [-0.25, -0.2) is 13.2 Å². The van der Waals surface area contributed by atoms with Crippen LogP contribution in [-0.2, 0) is 20.4 Å². The van der Waals surface area contributed by atoms with Crippen molar-refractivity contribution >= 4 is 27.4 Å². The van der Waals surface area contributed by atoms with Crippen molar-refractivity contribution < 1.29 is 27.9 Å². The standard InChI is InChI=1S/C18H19NO6S/c1-2-25-16-9-4-3-8-15(16)19-17(20)12-26(23,24)11-13-6-5-7-14(10-13)18(21)22/h3-10H,2,11-12H2,1H3,(H,19,20)(H,21,22). The lowest BCUT2D eigenvalue weighted by Gasteiger charge is -2.11. The second kappa shape index (κ2) is 8.48. The number of carboxylic acid groups (broad SMARTS) is 1. The second-order valence-electron chi connectivity index (χ2n) is 5.52. The molecule has 1 amide bonds. The first-order chi connectivity index (χ1) is 12.3. The molecule has 0 fully saturated rings. The van der Waals surface area contributed by atoms with E-state index in [0.717, 1.165) is 0 Å². The molecule has 0 aliphatic heterocycles. The van der Waals surface area contributed by atoms with Gasteiger partial charge in [0.2, 0.25) is 5.91 Å². The molecule has 0 spiro atoms. The van der Waals surface area contributed by atoms with Crippen molar-refractivity contribution in [2.45, 2.75) is 12.7 Å². The average molecular weight is 377 g/mol. The summed E-state index contributed by atoms with van der Waals surface area (Å²) in [5, 5.41) is 11.5. The number of para-hydroxylation sites is 2. The van der Waals surface area contributed by atoms with Gasteiger partial charge in [0.25, 0.3) is 0 Å². The Bertz CT molecular complexity index is 907. The third-order valence-electron chi connectivity index (χ3n) is 3.37. The Hall–Kier alpha value is -2.87. The van der Waals surface area contributed by atoms with Gasteiger partial charge in [-0.1, -0.05) is 24.3 Å². The Morgan fingerprint density at radius 1 is 1.12 bits per heavy atom. The lowest BCUT2D eigenvalue weighted by molar-refractivity contribution is -0.113. The maximum Gasteiger partial charge on any atom is 0.335 e. The Morgan fingerprint density at radius 3 is 2.54 bits per heavy atom. The average Bonchev–Trinajstić information content (AvgIpc) is 2.56. The Labute approximate surface area is 151 Å². The molecule has 26 heavy (non-hydrogen) atoms. The maximum absolute atomic E-state index is 12.3. The van der Waals surface area contributed by atoms with E-state index in [1.807, 2.05) is 0 Å². The van der Waals surface area contributed by atoms with E-state index in [1.54, 1.807) is 31.2 Å². The molecule has 0 unspecified atom stereocenters. The molecular weight excluding hydrogens is 358 g/mol. The van der Waals surface area contributed by atoms with Crippen LogP contribution in [0.1, 0.15) is 22.8 Å². The number of nitrogens with one attached hydrogen (secondary N) is 1. The van der Waals surface area contributed by atoms with Gasteiger partial charge in [-0.3, -0.25) is 4.79 Å². The number of rotatable bonds is 8. The molecule has 0 bridgehead atoms. The number of ether oxygens (including phenoxy) is 1. The van der Waals surface area contributed by atoms with Crippen molar-refractivity contribution in [3.63, 3.8) is 0 Å². The number of hydrogen-bond donors (Lipinski definition) is 2.